The quantitative estimate of drug-likeness (QED) is 0.936. The van der Waals surface area contributed by atoms with Crippen LogP contribution in [0.1, 0.15) is 16.1 Å². The molecule has 0 bridgehead atoms. The van der Waals surface area contributed by atoms with Gasteiger partial charge < -0.3 is 10.0 Å². The molecule has 0 unspecified atom stereocenters. The second kappa shape index (κ2) is 4.66. The summed E-state index contributed by atoms with van der Waals surface area (Å²) in [6, 6.07) is 9.81. The van der Waals surface area contributed by atoms with Crippen LogP contribution in [0.25, 0.3) is 10.1 Å². The molecule has 1 saturated heterocycles. The van der Waals surface area contributed by atoms with Crippen molar-refractivity contribution in [1.82, 2.24) is 4.90 Å². The van der Waals surface area contributed by atoms with Crippen molar-refractivity contribution >= 4 is 33.3 Å². The lowest BCUT2D eigenvalue weighted by molar-refractivity contribution is -0.139. The summed E-state index contributed by atoms with van der Waals surface area (Å²) in [7, 11) is 0. The zero-order chi connectivity index (χ0) is 13.4. The molecule has 2 heterocycles. The predicted octanol–water partition coefficient (Wildman–Crippen LogP) is 2.45. The fourth-order valence-electron chi connectivity index (χ4n) is 2.35. The van der Waals surface area contributed by atoms with Gasteiger partial charge in [0.2, 0.25) is 0 Å². The van der Waals surface area contributed by atoms with Crippen molar-refractivity contribution in [2.75, 3.05) is 13.1 Å². The first-order valence-electron chi connectivity index (χ1n) is 6.13. The number of thiophene rings is 1. The van der Waals surface area contributed by atoms with Gasteiger partial charge in [-0.2, -0.15) is 0 Å². The molecule has 3 rings (SSSR count). The highest BCUT2D eigenvalue weighted by Gasteiger charge is 2.33. The maximum Gasteiger partial charge on any atom is 0.303 e. The molecule has 98 valence electrons. The number of carboxylic acid groups (broad SMARTS) is 1. The highest BCUT2D eigenvalue weighted by molar-refractivity contribution is 7.20. The molecule has 0 aliphatic carbocycles. The van der Waals surface area contributed by atoms with E-state index in [4.69, 9.17) is 5.11 Å². The van der Waals surface area contributed by atoms with Crippen molar-refractivity contribution in [2.45, 2.75) is 6.42 Å². The first kappa shape index (κ1) is 12.2. The second-order valence-corrected chi connectivity index (χ2v) is 5.91. The summed E-state index contributed by atoms with van der Waals surface area (Å²) in [5.41, 5.74) is 0. The lowest BCUT2D eigenvalue weighted by atomic mass is 9.96. The highest BCUT2D eigenvalue weighted by atomic mass is 32.1. The number of nitrogens with zero attached hydrogens (tertiary/aromatic N) is 1. The number of hydrogen-bond acceptors (Lipinski definition) is 3. The number of likely N-dealkylation sites (tertiary alicyclic amines) is 1. The Morgan fingerprint density at radius 2 is 2.05 bits per heavy atom. The molecule has 1 amide bonds. The van der Waals surface area contributed by atoms with Gasteiger partial charge in [-0.3, -0.25) is 9.59 Å². The molecular weight excluding hydrogens is 262 g/mol. The lowest BCUT2D eigenvalue weighted by Crippen LogP contribution is -2.50. The van der Waals surface area contributed by atoms with Gasteiger partial charge in [0.1, 0.15) is 0 Å². The van der Waals surface area contributed by atoms with E-state index in [0.717, 1.165) is 15.0 Å². The van der Waals surface area contributed by atoms with Crippen LogP contribution in [0.2, 0.25) is 0 Å². The van der Waals surface area contributed by atoms with Gasteiger partial charge in [-0.05, 0) is 17.5 Å². The van der Waals surface area contributed by atoms with E-state index in [1.165, 1.54) is 11.3 Å². The molecule has 1 aliphatic rings. The van der Waals surface area contributed by atoms with Gasteiger partial charge in [0, 0.05) is 23.7 Å². The molecule has 1 N–H and O–H groups in total. The third kappa shape index (κ3) is 2.33. The fraction of sp³-hybridized carbons (Fsp3) is 0.286. The van der Waals surface area contributed by atoms with Gasteiger partial charge in [-0.25, -0.2) is 0 Å². The Hall–Kier alpha value is -1.88. The van der Waals surface area contributed by atoms with E-state index >= 15 is 0 Å². The van der Waals surface area contributed by atoms with Crippen LogP contribution in [0.4, 0.5) is 0 Å². The first-order valence-corrected chi connectivity index (χ1v) is 6.95. The van der Waals surface area contributed by atoms with Crippen molar-refractivity contribution < 1.29 is 14.7 Å². The Bertz CT molecular complexity index is 610. The SMILES string of the molecule is O=C(O)CC1CN(C(=O)c2cc3ccccc3s2)C1. The van der Waals surface area contributed by atoms with Crippen LogP contribution in [-0.4, -0.2) is 35.0 Å². The molecule has 1 fully saturated rings. The molecule has 5 heteroatoms. The van der Waals surface area contributed by atoms with Gasteiger partial charge in [0.05, 0.1) is 11.3 Å². The molecule has 1 aliphatic heterocycles. The van der Waals surface area contributed by atoms with Gasteiger partial charge in [0.15, 0.2) is 0 Å². The van der Waals surface area contributed by atoms with Crippen molar-refractivity contribution in [2.24, 2.45) is 5.92 Å². The molecule has 4 nitrogen and oxygen atoms in total. The number of carbonyl (C=O) groups is 2. The number of fused-ring (bicyclic) bond motifs is 1. The van der Waals surface area contributed by atoms with E-state index < -0.39 is 5.97 Å². The number of amides is 1. The summed E-state index contributed by atoms with van der Waals surface area (Å²) < 4.78 is 1.11. The minimum Gasteiger partial charge on any atom is -0.481 e. The largest absolute Gasteiger partial charge is 0.481 e. The molecule has 0 spiro atoms. The van der Waals surface area contributed by atoms with Crippen LogP contribution >= 0.6 is 11.3 Å². The number of carbonyl (C=O) groups excluding carboxylic acids is 1. The molecule has 19 heavy (non-hydrogen) atoms. The van der Waals surface area contributed by atoms with Gasteiger partial charge >= 0.3 is 5.97 Å². The summed E-state index contributed by atoms with van der Waals surface area (Å²) >= 11 is 1.49. The average molecular weight is 275 g/mol. The maximum absolute atomic E-state index is 12.2. The van der Waals surface area contributed by atoms with Crippen LogP contribution in [-0.2, 0) is 4.79 Å². The minimum absolute atomic E-state index is 0.0165. The monoisotopic (exact) mass is 275 g/mol. The van der Waals surface area contributed by atoms with E-state index in [1.54, 1.807) is 4.90 Å². The maximum atomic E-state index is 12.2. The number of aliphatic carboxylic acids is 1. The van der Waals surface area contributed by atoms with E-state index in [2.05, 4.69) is 0 Å². The van der Waals surface area contributed by atoms with Crippen LogP contribution in [0.15, 0.2) is 30.3 Å². The molecule has 1 aromatic heterocycles. The van der Waals surface area contributed by atoms with Crippen molar-refractivity contribution in [3.05, 3.63) is 35.2 Å². The lowest BCUT2D eigenvalue weighted by Gasteiger charge is -2.38. The number of rotatable bonds is 3. The molecule has 0 radical (unpaired) electrons. The summed E-state index contributed by atoms with van der Waals surface area (Å²) in [6.45, 7) is 1.11. The fourth-order valence-corrected chi connectivity index (χ4v) is 3.39. The topological polar surface area (TPSA) is 57.6 Å². The zero-order valence-corrected chi connectivity index (χ0v) is 11.0. The van der Waals surface area contributed by atoms with Gasteiger partial charge in [0.25, 0.3) is 5.91 Å². The van der Waals surface area contributed by atoms with Gasteiger partial charge in [-0.1, -0.05) is 18.2 Å². The Morgan fingerprint density at radius 3 is 2.74 bits per heavy atom. The molecule has 0 saturated carbocycles. The summed E-state index contributed by atoms with van der Waals surface area (Å²) in [6.07, 6.45) is 0.149. The summed E-state index contributed by atoms with van der Waals surface area (Å²) in [5, 5.41) is 9.77. The van der Waals surface area contributed by atoms with Crippen LogP contribution in [0.5, 0.6) is 0 Å². The van der Waals surface area contributed by atoms with Crippen LogP contribution in [0.3, 0.4) is 0 Å². The highest BCUT2D eigenvalue weighted by Crippen LogP contribution is 2.29. The van der Waals surface area contributed by atoms with Crippen LogP contribution in [0, 0.1) is 5.92 Å². The standard InChI is InChI=1S/C14H13NO3S/c16-13(17)5-9-7-15(8-9)14(18)12-6-10-3-1-2-4-11(10)19-12/h1-4,6,9H,5,7-8H2,(H,16,17). The number of benzene rings is 1. The first-order chi connectivity index (χ1) is 9.13. The third-order valence-corrected chi connectivity index (χ3v) is 4.45. The van der Waals surface area contributed by atoms with Crippen LogP contribution < -0.4 is 0 Å². The number of hydrogen-bond donors (Lipinski definition) is 1. The average Bonchev–Trinajstić information content (AvgIpc) is 2.75. The molecule has 2 aromatic rings. The van der Waals surface area contributed by atoms with E-state index in [0.29, 0.717) is 13.1 Å². The Balaban J connectivity index is 1.70. The normalized spacial score (nSPS) is 15.5. The van der Waals surface area contributed by atoms with E-state index in [-0.39, 0.29) is 18.2 Å². The Labute approximate surface area is 114 Å². The zero-order valence-electron chi connectivity index (χ0n) is 10.2. The molecular formula is C14H13NO3S. The predicted molar refractivity (Wildman–Crippen MR) is 73.5 cm³/mol. The van der Waals surface area contributed by atoms with E-state index in [9.17, 15) is 9.59 Å². The molecule has 1 aromatic carbocycles. The smallest absolute Gasteiger partial charge is 0.303 e. The summed E-state index contributed by atoms with van der Waals surface area (Å²) in [5.74, 6) is -0.669. The minimum atomic E-state index is -0.793. The van der Waals surface area contributed by atoms with Gasteiger partial charge in [-0.15, -0.1) is 11.3 Å². The Morgan fingerprint density at radius 1 is 1.32 bits per heavy atom. The Kier molecular flexibility index (Phi) is 2.98. The van der Waals surface area contributed by atoms with Crippen molar-refractivity contribution in [3.8, 4) is 0 Å². The summed E-state index contributed by atoms with van der Waals surface area (Å²) in [4.78, 5) is 25.2. The third-order valence-electron chi connectivity index (χ3n) is 3.34. The number of carboxylic acids is 1. The molecule has 0 atom stereocenters. The second-order valence-electron chi connectivity index (χ2n) is 4.82. The van der Waals surface area contributed by atoms with E-state index in [1.807, 2.05) is 30.3 Å². The van der Waals surface area contributed by atoms with Crippen molar-refractivity contribution in [3.63, 3.8) is 0 Å². The van der Waals surface area contributed by atoms with Crippen molar-refractivity contribution in [1.29, 1.82) is 0 Å².